The van der Waals surface area contributed by atoms with Crippen LogP contribution in [0, 0.1) is 0 Å². The molecule has 0 aliphatic carbocycles. The van der Waals surface area contributed by atoms with E-state index in [0.29, 0.717) is 46.9 Å². The summed E-state index contributed by atoms with van der Waals surface area (Å²) in [4.78, 5) is 31.3. The molecular weight excluding hydrogens is 385 g/mol. The lowest BCUT2D eigenvalue weighted by Gasteiger charge is -2.26. The maximum atomic E-state index is 12.7. The average Bonchev–Trinajstić information content (AvgIpc) is 2.97. The van der Waals surface area contributed by atoms with Crippen LogP contribution in [0.4, 0.5) is 9.93 Å². The lowest BCUT2D eigenvalue weighted by Crippen LogP contribution is -2.35. The molecule has 2 amide bonds. The Morgan fingerprint density at radius 2 is 2.20 bits per heavy atom. The molecule has 1 aliphatic heterocycles. The minimum absolute atomic E-state index is 0.175. The van der Waals surface area contributed by atoms with Gasteiger partial charge in [0.2, 0.25) is 0 Å². The maximum absolute atomic E-state index is 12.7. The predicted molar refractivity (Wildman–Crippen MR) is 97.7 cm³/mol. The normalized spacial score (nSPS) is 13.3. The topological polar surface area (TPSA) is 71.5 Å². The Balaban J connectivity index is 1.74. The van der Waals surface area contributed by atoms with Crippen LogP contribution in [0.1, 0.15) is 27.9 Å². The van der Waals surface area contributed by atoms with Crippen LogP contribution >= 0.6 is 34.5 Å². The molecule has 0 unspecified atom stereocenters. The molecule has 0 radical (unpaired) electrons. The van der Waals surface area contributed by atoms with Crippen molar-refractivity contribution in [1.29, 1.82) is 0 Å². The van der Waals surface area contributed by atoms with Crippen molar-refractivity contribution in [3.05, 3.63) is 44.4 Å². The van der Waals surface area contributed by atoms with Crippen LogP contribution < -0.4 is 5.32 Å². The van der Waals surface area contributed by atoms with Gasteiger partial charge in [0.05, 0.1) is 29.4 Å². The Hall–Kier alpha value is -1.83. The SMILES string of the molecule is CCOC(=O)Nc1nc2c(s1)CN(C(=O)c1cc(Cl)ccc1Cl)CC2. The van der Waals surface area contributed by atoms with Crippen LogP contribution in [0.2, 0.25) is 10.0 Å². The molecule has 2 heterocycles. The average molecular weight is 400 g/mol. The van der Waals surface area contributed by atoms with Gasteiger partial charge in [-0.15, -0.1) is 0 Å². The highest BCUT2D eigenvalue weighted by Gasteiger charge is 2.26. The number of aromatic nitrogens is 1. The zero-order chi connectivity index (χ0) is 18.0. The van der Waals surface area contributed by atoms with Crippen LogP contribution in [-0.4, -0.2) is 35.0 Å². The quantitative estimate of drug-likeness (QED) is 0.838. The summed E-state index contributed by atoms with van der Waals surface area (Å²) in [5, 5.41) is 3.90. The third-order valence-electron chi connectivity index (χ3n) is 3.66. The minimum atomic E-state index is -0.535. The van der Waals surface area contributed by atoms with Crippen molar-refractivity contribution in [1.82, 2.24) is 9.88 Å². The van der Waals surface area contributed by atoms with Crippen molar-refractivity contribution in [3.63, 3.8) is 0 Å². The molecule has 6 nitrogen and oxygen atoms in total. The van der Waals surface area contributed by atoms with E-state index in [1.165, 1.54) is 11.3 Å². The first-order valence-electron chi connectivity index (χ1n) is 7.64. The number of carbonyl (C=O) groups excluding carboxylic acids is 2. The number of hydrogen-bond donors (Lipinski definition) is 1. The summed E-state index contributed by atoms with van der Waals surface area (Å²) < 4.78 is 4.84. The molecule has 9 heteroatoms. The third-order valence-corrected chi connectivity index (χ3v) is 5.22. The van der Waals surface area contributed by atoms with Crippen LogP contribution in [0.3, 0.4) is 0 Å². The fraction of sp³-hybridized carbons (Fsp3) is 0.312. The number of thiazole rings is 1. The van der Waals surface area contributed by atoms with E-state index in [1.54, 1.807) is 30.0 Å². The first-order valence-corrected chi connectivity index (χ1v) is 9.22. The van der Waals surface area contributed by atoms with Gasteiger partial charge in [0, 0.05) is 22.9 Å². The molecule has 0 saturated carbocycles. The number of ether oxygens (including phenoxy) is 1. The van der Waals surface area contributed by atoms with E-state index in [9.17, 15) is 9.59 Å². The highest BCUT2D eigenvalue weighted by Crippen LogP contribution is 2.30. The second kappa shape index (κ2) is 7.59. The summed E-state index contributed by atoms with van der Waals surface area (Å²) >= 11 is 13.4. The summed E-state index contributed by atoms with van der Waals surface area (Å²) in [5.74, 6) is -0.175. The van der Waals surface area contributed by atoms with Crippen molar-refractivity contribution in [2.24, 2.45) is 0 Å². The van der Waals surface area contributed by atoms with E-state index >= 15 is 0 Å². The zero-order valence-electron chi connectivity index (χ0n) is 13.3. The van der Waals surface area contributed by atoms with Gasteiger partial charge in [-0.05, 0) is 25.1 Å². The number of amides is 2. The van der Waals surface area contributed by atoms with Crippen LogP contribution in [0.25, 0.3) is 0 Å². The van der Waals surface area contributed by atoms with Crippen LogP contribution in [0.15, 0.2) is 18.2 Å². The van der Waals surface area contributed by atoms with Crippen LogP contribution in [-0.2, 0) is 17.7 Å². The molecule has 1 aromatic carbocycles. The van der Waals surface area contributed by atoms with Crippen molar-refractivity contribution in [2.75, 3.05) is 18.5 Å². The Bertz CT molecular complexity index is 825. The number of nitrogens with zero attached hydrogens (tertiary/aromatic N) is 2. The Morgan fingerprint density at radius 1 is 1.40 bits per heavy atom. The number of nitrogens with one attached hydrogen (secondary N) is 1. The van der Waals surface area contributed by atoms with E-state index in [1.807, 2.05) is 0 Å². The van der Waals surface area contributed by atoms with Crippen molar-refractivity contribution in [3.8, 4) is 0 Å². The number of anilines is 1. The van der Waals surface area contributed by atoms with E-state index in [-0.39, 0.29) is 5.91 Å². The van der Waals surface area contributed by atoms with Crippen molar-refractivity contribution < 1.29 is 14.3 Å². The van der Waals surface area contributed by atoms with Gasteiger partial charge in [-0.1, -0.05) is 34.5 Å². The van der Waals surface area contributed by atoms with Gasteiger partial charge in [0.1, 0.15) is 0 Å². The number of rotatable bonds is 3. The third kappa shape index (κ3) is 4.05. The van der Waals surface area contributed by atoms with E-state index in [4.69, 9.17) is 27.9 Å². The van der Waals surface area contributed by atoms with E-state index in [2.05, 4.69) is 10.3 Å². The molecule has 0 fully saturated rings. The van der Waals surface area contributed by atoms with Gasteiger partial charge in [-0.25, -0.2) is 9.78 Å². The molecule has 2 aromatic rings. The second-order valence-electron chi connectivity index (χ2n) is 5.34. The van der Waals surface area contributed by atoms with Gasteiger partial charge in [-0.3, -0.25) is 10.1 Å². The first kappa shape index (κ1) is 18.0. The molecule has 0 spiro atoms. The molecule has 25 heavy (non-hydrogen) atoms. The van der Waals surface area contributed by atoms with Crippen molar-refractivity contribution >= 4 is 51.7 Å². The summed E-state index contributed by atoms with van der Waals surface area (Å²) in [5.41, 5.74) is 1.27. The molecule has 0 atom stereocenters. The summed E-state index contributed by atoms with van der Waals surface area (Å²) in [6.45, 7) is 2.97. The Labute approximate surface area is 158 Å². The second-order valence-corrected chi connectivity index (χ2v) is 7.26. The van der Waals surface area contributed by atoms with E-state index in [0.717, 1.165) is 10.6 Å². The number of fused-ring (bicyclic) bond motifs is 1. The highest BCUT2D eigenvalue weighted by molar-refractivity contribution is 7.15. The fourth-order valence-electron chi connectivity index (χ4n) is 2.51. The van der Waals surface area contributed by atoms with E-state index < -0.39 is 6.09 Å². The first-order chi connectivity index (χ1) is 12.0. The Morgan fingerprint density at radius 3 is 2.96 bits per heavy atom. The lowest BCUT2D eigenvalue weighted by atomic mass is 10.1. The van der Waals surface area contributed by atoms with Gasteiger partial charge < -0.3 is 9.64 Å². The summed E-state index contributed by atoms with van der Waals surface area (Å²) in [7, 11) is 0. The standard InChI is InChI=1S/C16H15Cl2N3O3S/c1-2-24-16(23)20-15-19-12-5-6-21(8-13(12)25-15)14(22)10-7-9(17)3-4-11(10)18/h3-4,7H,2,5-6,8H2,1H3,(H,19,20,23). The monoisotopic (exact) mass is 399 g/mol. The molecule has 1 aliphatic rings. The summed E-state index contributed by atoms with van der Waals surface area (Å²) in [6.07, 6.45) is 0.0764. The maximum Gasteiger partial charge on any atom is 0.413 e. The van der Waals surface area contributed by atoms with Gasteiger partial charge >= 0.3 is 6.09 Å². The highest BCUT2D eigenvalue weighted by atomic mass is 35.5. The Kier molecular flexibility index (Phi) is 5.46. The smallest absolute Gasteiger partial charge is 0.413 e. The molecule has 1 aromatic heterocycles. The fourth-order valence-corrected chi connectivity index (χ4v) is 3.89. The van der Waals surface area contributed by atoms with Gasteiger partial charge in [-0.2, -0.15) is 0 Å². The molecule has 0 bridgehead atoms. The number of halogens is 2. The van der Waals surface area contributed by atoms with Crippen LogP contribution in [0.5, 0.6) is 0 Å². The number of benzene rings is 1. The molecule has 1 N–H and O–H groups in total. The molecular formula is C16H15Cl2N3O3S. The number of carbonyl (C=O) groups is 2. The van der Waals surface area contributed by atoms with Crippen molar-refractivity contribution in [2.45, 2.75) is 19.9 Å². The van der Waals surface area contributed by atoms with Gasteiger partial charge in [0.25, 0.3) is 5.91 Å². The summed E-state index contributed by atoms with van der Waals surface area (Å²) in [6, 6.07) is 4.83. The largest absolute Gasteiger partial charge is 0.450 e. The predicted octanol–water partition coefficient (Wildman–Crippen LogP) is 4.22. The lowest BCUT2D eigenvalue weighted by molar-refractivity contribution is 0.0736. The molecule has 0 saturated heterocycles. The molecule has 132 valence electrons. The minimum Gasteiger partial charge on any atom is -0.450 e. The van der Waals surface area contributed by atoms with Gasteiger partial charge in [0.15, 0.2) is 5.13 Å². The zero-order valence-corrected chi connectivity index (χ0v) is 15.7. The molecule has 3 rings (SSSR count). The number of hydrogen-bond acceptors (Lipinski definition) is 5.